The number of carbonyl (C=O) groups is 2. The van der Waals surface area contributed by atoms with E-state index in [1.807, 2.05) is 11.4 Å². The molecule has 0 fully saturated rings. The summed E-state index contributed by atoms with van der Waals surface area (Å²) in [5, 5.41) is 24.5. The highest BCUT2D eigenvalue weighted by Crippen LogP contribution is 2.52. The smallest absolute Gasteiger partial charge is 0.363 e. The van der Waals surface area contributed by atoms with E-state index in [9.17, 15) is 33.1 Å². The molecule has 0 saturated heterocycles. The van der Waals surface area contributed by atoms with Crippen LogP contribution in [0.4, 0.5) is 13.2 Å². The summed E-state index contributed by atoms with van der Waals surface area (Å²) in [5.41, 5.74) is -3.57. The number of rotatable bonds is 7. The topological polar surface area (TPSA) is 90.2 Å². The van der Waals surface area contributed by atoms with Gasteiger partial charge in [0.2, 0.25) is 5.72 Å². The van der Waals surface area contributed by atoms with Gasteiger partial charge in [-0.3, -0.25) is 9.59 Å². The van der Waals surface area contributed by atoms with E-state index in [0.717, 1.165) is 11.3 Å². The van der Waals surface area contributed by atoms with E-state index in [2.05, 4.69) is 0 Å². The Kier molecular flexibility index (Phi) is 7.80. The predicted molar refractivity (Wildman–Crippen MR) is 136 cm³/mol. The fourth-order valence-electron chi connectivity index (χ4n) is 4.17. The van der Waals surface area contributed by atoms with Gasteiger partial charge in [-0.2, -0.15) is 18.4 Å². The number of halogens is 4. The zero-order chi connectivity index (χ0) is 26.8. The molecule has 1 aliphatic rings. The Morgan fingerprint density at radius 3 is 2.38 bits per heavy atom. The number of nitriles is 1. The summed E-state index contributed by atoms with van der Waals surface area (Å²) in [6.07, 6.45) is -5.33. The minimum Gasteiger partial charge on any atom is -0.363 e. The molecule has 4 rings (SSSR count). The van der Waals surface area contributed by atoms with E-state index in [4.69, 9.17) is 11.6 Å². The van der Waals surface area contributed by atoms with Gasteiger partial charge >= 0.3 is 6.18 Å². The molecular weight excluding hydrogens is 545 g/mol. The van der Waals surface area contributed by atoms with Crippen LogP contribution < -0.4 is 5.32 Å². The number of thiophene rings is 1. The maximum atomic E-state index is 14.6. The van der Waals surface area contributed by atoms with Gasteiger partial charge in [0.25, 0.3) is 0 Å². The molecule has 190 valence electrons. The summed E-state index contributed by atoms with van der Waals surface area (Å²) in [7, 11) is 0. The van der Waals surface area contributed by atoms with Crippen molar-refractivity contribution in [2.24, 2.45) is 5.92 Å². The maximum Gasteiger partial charge on any atom is 0.437 e. The van der Waals surface area contributed by atoms with Crippen LogP contribution in [0.15, 0.2) is 82.7 Å². The first kappa shape index (κ1) is 26.9. The van der Waals surface area contributed by atoms with Crippen LogP contribution in [-0.2, 0) is 0 Å². The van der Waals surface area contributed by atoms with Gasteiger partial charge in [-0.15, -0.1) is 11.3 Å². The minimum absolute atomic E-state index is 0.0147. The normalized spacial score (nSPS) is 21.7. The summed E-state index contributed by atoms with van der Waals surface area (Å²) >= 11 is 7.93. The van der Waals surface area contributed by atoms with Gasteiger partial charge in [0.15, 0.2) is 11.6 Å². The van der Waals surface area contributed by atoms with Crippen molar-refractivity contribution in [2.45, 2.75) is 17.8 Å². The maximum absolute atomic E-state index is 14.6. The van der Waals surface area contributed by atoms with Gasteiger partial charge in [-0.25, -0.2) is 0 Å². The zero-order valence-electron chi connectivity index (χ0n) is 18.8. The standard InChI is InChI=1S/C26H18ClF3N2O3S2/c27-18-10-5-4-9-16(18)21-17(13-31)24(37-14-19(33)15-7-2-1-3-8-15)32-25(35,26(28,29)30)22(21)23(34)20-11-6-12-36-20/h1-12,21-22,32,35H,14H2/t21-,22-,25-/m1/s1. The first-order chi connectivity index (χ1) is 17.6. The molecule has 3 aromatic rings. The number of nitrogens with zero attached hydrogens (tertiary/aromatic N) is 1. The largest absolute Gasteiger partial charge is 0.437 e. The second-order valence-electron chi connectivity index (χ2n) is 8.14. The second kappa shape index (κ2) is 10.7. The molecule has 5 nitrogen and oxygen atoms in total. The van der Waals surface area contributed by atoms with Crippen LogP contribution >= 0.6 is 34.7 Å². The second-order valence-corrected chi connectivity index (χ2v) is 10.5. The number of allylic oxidation sites excluding steroid dienone is 1. The number of aliphatic hydroxyl groups is 1. The molecule has 3 atom stereocenters. The van der Waals surface area contributed by atoms with E-state index in [0.29, 0.717) is 17.3 Å². The molecule has 0 bridgehead atoms. The molecule has 0 unspecified atom stereocenters. The number of carbonyl (C=O) groups excluding carboxylic acids is 2. The van der Waals surface area contributed by atoms with Gasteiger partial charge in [0, 0.05) is 16.5 Å². The third kappa shape index (κ3) is 5.18. The first-order valence-electron chi connectivity index (χ1n) is 10.8. The molecule has 1 aliphatic heterocycles. The SMILES string of the molecule is N#CC1=C(SCC(=O)c2ccccc2)N[C@](O)(C(F)(F)F)[C@@H](C(=O)c2cccs2)[C@@H]1c1ccccc1Cl. The minimum atomic E-state index is -5.33. The lowest BCUT2D eigenvalue weighted by Gasteiger charge is -2.45. The zero-order valence-corrected chi connectivity index (χ0v) is 21.2. The Hall–Kier alpha value is -3.10. The highest BCUT2D eigenvalue weighted by Gasteiger charge is 2.66. The van der Waals surface area contributed by atoms with Crippen molar-refractivity contribution in [3.05, 3.63) is 104 Å². The summed E-state index contributed by atoms with van der Waals surface area (Å²) in [4.78, 5) is 26.2. The van der Waals surface area contributed by atoms with Crippen molar-refractivity contribution < 1.29 is 27.9 Å². The number of ketones is 2. The Morgan fingerprint density at radius 2 is 1.78 bits per heavy atom. The van der Waals surface area contributed by atoms with Crippen molar-refractivity contribution in [3.8, 4) is 6.07 Å². The Bertz CT molecular complexity index is 1390. The van der Waals surface area contributed by atoms with E-state index in [1.165, 1.54) is 35.7 Å². The van der Waals surface area contributed by atoms with E-state index >= 15 is 0 Å². The fraction of sp³-hybridized carbons (Fsp3) is 0.192. The first-order valence-corrected chi connectivity index (χ1v) is 13.1. The molecule has 0 aliphatic carbocycles. The number of thioether (sulfide) groups is 1. The van der Waals surface area contributed by atoms with Crippen molar-refractivity contribution in [2.75, 3.05) is 5.75 Å². The van der Waals surface area contributed by atoms with Crippen LogP contribution in [0.3, 0.4) is 0 Å². The van der Waals surface area contributed by atoms with E-state index in [-0.39, 0.29) is 37.6 Å². The number of nitrogens with one attached hydrogen (secondary N) is 1. The Morgan fingerprint density at radius 1 is 1.11 bits per heavy atom. The van der Waals surface area contributed by atoms with Gasteiger partial charge < -0.3 is 10.4 Å². The van der Waals surface area contributed by atoms with Gasteiger partial charge in [-0.05, 0) is 23.1 Å². The highest BCUT2D eigenvalue weighted by molar-refractivity contribution is 8.03. The number of hydrogen-bond acceptors (Lipinski definition) is 7. The summed E-state index contributed by atoms with van der Waals surface area (Å²) in [6, 6.07) is 18.8. The molecule has 2 aromatic carbocycles. The summed E-state index contributed by atoms with van der Waals surface area (Å²) in [6.45, 7) is 0. The van der Waals surface area contributed by atoms with Crippen LogP contribution in [0.2, 0.25) is 5.02 Å². The Labute approximate surface area is 223 Å². The third-order valence-electron chi connectivity index (χ3n) is 5.93. The highest BCUT2D eigenvalue weighted by atomic mass is 35.5. The van der Waals surface area contributed by atoms with Gasteiger partial charge in [-0.1, -0.05) is 78.0 Å². The quantitative estimate of drug-likeness (QED) is 0.334. The Balaban J connectivity index is 1.88. The average molecular weight is 563 g/mol. The fourth-order valence-corrected chi connectivity index (χ4v) is 6.12. The summed E-state index contributed by atoms with van der Waals surface area (Å²) < 4.78 is 43.7. The lowest BCUT2D eigenvalue weighted by atomic mass is 9.70. The van der Waals surface area contributed by atoms with E-state index < -0.39 is 29.5 Å². The van der Waals surface area contributed by atoms with Crippen molar-refractivity contribution in [1.82, 2.24) is 5.32 Å². The molecule has 0 spiro atoms. The molecule has 37 heavy (non-hydrogen) atoms. The molecule has 0 amide bonds. The molecule has 11 heteroatoms. The molecule has 2 N–H and O–H groups in total. The van der Waals surface area contributed by atoms with Crippen LogP contribution in [0, 0.1) is 17.2 Å². The number of alkyl halides is 3. The van der Waals surface area contributed by atoms with Gasteiger partial charge in [0.05, 0.1) is 33.2 Å². The van der Waals surface area contributed by atoms with Crippen LogP contribution in [0.1, 0.15) is 31.5 Å². The number of hydrogen-bond donors (Lipinski definition) is 2. The van der Waals surface area contributed by atoms with Crippen molar-refractivity contribution in [3.63, 3.8) is 0 Å². The van der Waals surface area contributed by atoms with Crippen LogP contribution in [0.25, 0.3) is 0 Å². The molecule has 0 saturated carbocycles. The average Bonchev–Trinajstić information content (AvgIpc) is 3.42. The monoisotopic (exact) mass is 562 g/mol. The molecular formula is C26H18ClF3N2O3S2. The van der Waals surface area contributed by atoms with Crippen LogP contribution in [-0.4, -0.2) is 34.3 Å². The van der Waals surface area contributed by atoms with Crippen molar-refractivity contribution in [1.29, 1.82) is 5.26 Å². The van der Waals surface area contributed by atoms with Crippen molar-refractivity contribution >= 4 is 46.3 Å². The molecule has 1 aromatic heterocycles. The van der Waals surface area contributed by atoms with Gasteiger partial charge in [0.1, 0.15) is 0 Å². The molecule has 2 heterocycles. The number of Topliss-reactive ketones (excluding diaryl/α,β-unsaturated/α-hetero) is 2. The predicted octanol–water partition coefficient (Wildman–Crippen LogP) is 6.19. The third-order valence-corrected chi connectivity index (χ3v) is 8.17. The summed E-state index contributed by atoms with van der Waals surface area (Å²) in [5.74, 6) is -5.42. The molecule has 0 radical (unpaired) electrons. The van der Waals surface area contributed by atoms with E-state index in [1.54, 1.807) is 36.4 Å². The lowest BCUT2D eigenvalue weighted by molar-refractivity contribution is -0.285. The van der Waals surface area contributed by atoms with Crippen LogP contribution in [0.5, 0.6) is 0 Å². The number of benzene rings is 2. The lowest BCUT2D eigenvalue weighted by Crippen LogP contribution is -2.66.